The van der Waals surface area contributed by atoms with Gasteiger partial charge in [0, 0.05) is 6.20 Å². The molecule has 160 valence electrons. The van der Waals surface area contributed by atoms with Crippen LogP contribution in [0.1, 0.15) is 32.4 Å². The number of cyclic esters (lactones) is 1. The summed E-state index contributed by atoms with van der Waals surface area (Å²) in [6.45, 7) is 6.49. The second-order valence-corrected chi connectivity index (χ2v) is 7.61. The largest absolute Gasteiger partial charge is 0.454 e. The van der Waals surface area contributed by atoms with Crippen LogP contribution in [0.25, 0.3) is 0 Å². The molecular formula is C22H24N6O3. The lowest BCUT2D eigenvalue weighted by Gasteiger charge is -2.23. The van der Waals surface area contributed by atoms with E-state index in [4.69, 9.17) is 9.47 Å². The van der Waals surface area contributed by atoms with Gasteiger partial charge in [-0.1, -0.05) is 26.0 Å². The van der Waals surface area contributed by atoms with Crippen molar-refractivity contribution in [2.45, 2.75) is 32.9 Å². The van der Waals surface area contributed by atoms with Gasteiger partial charge in [0.1, 0.15) is 24.5 Å². The molecule has 2 aromatic heterocycles. The predicted molar refractivity (Wildman–Crippen MR) is 115 cm³/mol. The molecule has 1 aliphatic heterocycles. The van der Waals surface area contributed by atoms with E-state index in [1.807, 2.05) is 31.2 Å². The number of nitrogens with one attached hydrogen (secondary N) is 1. The monoisotopic (exact) mass is 420 g/mol. The van der Waals surface area contributed by atoms with Crippen LogP contribution in [-0.2, 0) is 4.74 Å². The SMILES string of the molecule is CC(C)[C@H]1COC(=O)N1c1ccnc(N[C@@H](C)c2ccc(Oc3cncnc3)cc2)n1. The van der Waals surface area contributed by atoms with E-state index in [1.165, 1.54) is 6.33 Å². The lowest BCUT2D eigenvalue weighted by atomic mass is 10.0. The minimum Gasteiger partial charge on any atom is -0.454 e. The highest BCUT2D eigenvalue weighted by Gasteiger charge is 2.37. The van der Waals surface area contributed by atoms with Crippen molar-refractivity contribution in [2.75, 3.05) is 16.8 Å². The van der Waals surface area contributed by atoms with Crippen LogP contribution >= 0.6 is 0 Å². The summed E-state index contributed by atoms with van der Waals surface area (Å²) in [6, 6.07) is 9.31. The zero-order chi connectivity index (χ0) is 21.8. The van der Waals surface area contributed by atoms with Crippen molar-refractivity contribution in [3.63, 3.8) is 0 Å². The van der Waals surface area contributed by atoms with Gasteiger partial charge in [0.25, 0.3) is 0 Å². The van der Waals surface area contributed by atoms with E-state index in [-0.39, 0.29) is 24.1 Å². The first kappa shape index (κ1) is 20.5. The summed E-state index contributed by atoms with van der Waals surface area (Å²) < 4.78 is 10.9. The molecule has 1 N–H and O–H groups in total. The van der Waals surface area contributed by atoms with E-state index in [9.17, 15) is 4.79 Å². The molecule has 0 unspecified atom stereocenters. The summed E-state index contributed by atoms with van der Waals surface area (Å²) in [5, 5.41) is 3.29. The number of amides is 1. The van der Waals surface area contributed by atoms with Gasteiger partial charge < -0.3 is 14.8 Å². The second kappa shape index (κ2) is 8.95. The van der Waals surface area contributed by atoms with Gasteiger partial charge in [-0.15, -0.1) is 0 Å². The van der Waals surface area contributed by atoms with Crippen molar-refractivity contribution in [3.05, 3.63) is 60.8 Å². The molecular weight excluding hydrogens is 396 g/mol. The Kier molecular flexibility index (Phi) is 5.92. The van der Waals surface area contributed by atoms with Gasteiger partial charge in [-0.2, -0.15) is 4.98 Å². The van der Waals surface area contributed by atoms with Crippen LogP contribution in [0.15, 0.2) is 55.2 Å². The fourth-order valence-electron chi connectivity index (χ4n) is 3.32. The van der Waals surface area contributed by atoms with E-state index >= 15 is 0 Å². The molecule has 1 aliphatic rings. The Labute approximate surface area is 180 Å². The Balaban J connectivity index is 1.44. The lowest BCUT2D eigenvalue weighted by Crippen LogP contribution is -2.37. The van der Waals surface area contributed by atoms with Crippen LogP contribution < -0.4 is 15.0 Å². The van der Waals surface area contributed by atoms with Gasteiger partial charge in [-0.05, 0) is 36.6 Å². The van der Waals surface area contributed by atoms with E-state index in [0.29, 0.717) is 29.9 Å². The van der Waals surface area contributed by atoms with Crippen LogP contribution in [0.5, 0.6) is 11.5 Å². The molecule has 9 nitrogen and oxygen atoms in total. The number of rotatable bonds is 7. The molecule has 2 atom stereocenters. The van der Waals surface area contributed by atoms with Gasteiger partial charge in [-0.25, -0.2) is 19.7 Å². The molecule has 31 heavy (non-hydrogen) atoms. The standard InChI is InChI=1S/C22H24N6O3/c1-14(2)19-12-30-22(29)28(19)20-8-9-25-21(27-20)26-15(3)16-4-6-17(7-5-16)31-18-10-23-13-24-11-18/h4-11,13-15,19H,12H2,1-3H3,(H,25,26,27)/t15-,19+/m0/s1. The normalized spacial score (nSPS) is 16.8. The van der Waals surface area contributed by atoms with Gasteiger partial charge in [0.15, 0.2) is 5.75 Å². The molecule has 3 heterocycles. The number of hydrogen-bond acceptors (Lipinski definition) is 8. The fraction of sp³-hybridized carbons (Fsp3) is 0.318. The lowest BCUT2D eigenvalue weighted by molar-refractivity contribution is 0.177. The number of anilines is 2. The maximum atomic E-state index is 12.2. The Bertz CT molecular complexity index is 1030. The third kappa shape index (κ3) is 4.71. The summed E-state index contributed by atoms with van der Waals surface area (Å²) in [5.74, 6) is 2.48. The molecule has 0 saturated carbocycles. The van der Waals surface area contributed by atoms with Crippen molar-refractivity contribution in [1.29, 1.82) is 0 Å². The first-order valence-corrected chi connectivity index (χ1v) is 10.1. The minimum absolute atomic E-state index is 0.0461. The predicted octanol–water partition coefficient (Wildman–Crippen LogP) is 4.21. The Morgan fingerprint density at radius 1 is 1.10 bits per heavy atom. The highest BCUT2D eigenvalue weighted by Crippen LogP contribution is 2.27. The maximum absolute atomic E-state index is 12.2. The van der Waals surface area contributed by atoms with Gasteiger partial charge in [-0.3, -0.25) is 4.90 Å². The molecule has 4 rings (SSSR count). The van der Waals surface area contributed by atoms with Crippen LogP contribution in [0.2, 0.25) is 0 Å². The second-order valence-electron chi connectivity index (χ2n) is 7.61. The van der Waals surface area contributed by atoms with E-state index in [1.54, 1.807) is 29.6 Å². The zero-order valence-electron chi connectivity index (χ0n) is 17.6. The maximum Gasteiger partial charge on any atom is 0.415 e. The highest BCUT2D eigenvalue weighted by molar-refractivity contribution is 5.89. The summed E-state index contributed by atoms with van der Waals surface area (Å²) >= 11 is 0. The molecule has 1 fully saturated rings. The van der Waals surface area contributed by atoms with E-state index < -0.39 is 0 Å². The Morgan fingerprint density at radius 3 is 2.55 bits per heavy atom. The van der Waals surface area contributed by atoms with Crippen LogP contribution in [0, 0.1) is 5.92 Å². The molecule has 0 radical (unpaired) electrons. The third-order valence-electron chi connectivity index (χ3n) is 5.06. The first-order valence-electron chi connectivity index (χ1n) is 10.1. The van der Waals surface area contributed by atoms with Gasteiger partial charge in [0.05, 0.1) is 24.5 Å². The Hall–Kier alpha value is -3.75. The summed E-state index contributed by atoms with van der Waals surface area (Å²) in [5.41, 5.74) is 1.03. The number of hydrogen-bond donors (Lipinski definition) is 1. The van der Waals surface area contributed by atoms with Crippen LogP contribution in [0.4, 0.5) is 16.6 Å². The highest BCUT2D eigenvalue weighted by atomic mass is 16.6. The number of carbonyl (C=O) groups excluding carboxylic acids is 1. The molecule has 1 amide bonds. The minimum atomic E-state index is -0.379. The molecule has 0 aliphatic carbocycles. The molecule has 9 heteroatoms. The molecule has 1 aromatic carbocycles. The van der Waals surface area contributed by atoms with Crippen LogP contribution in [-0.4, -0.2) is 38.7 Å². The number of ether oxygens (including phenoxy) is 2. The fourth-order valence-corrected chi connectivity index (χ4v) is 3.32. The van der Waals surface area contributed by atoms with Gasteiger partial charge in [0.2, 0.25) is 5.95 Å². The summed E-state index contributed by atoms with van der Waals surface area (Å²) in [4.78, 5) is 30.5. The number of aromatic nitrogens is 4. The van der Waals surface area contributed by atoms with Crippen LogP contribution in [0.3, 0.4) is 0 Å². The topological polar surface area (TPSA) is 102 Å². The third-order valence-corrected chi connectivity index (χ3v) is 5.06. The zero-order valence-corrected chi connectivity index (χ0v) is 17.6. The summed E-state index contributed by atoms with van der Waals surface area (Å²) in [7, 11) is 0. The van der Waals surface area contributed by atoms with Crippen molar-refractivity contribution < 1.29 is 14.3 Å². The molecule has 0 spiro atoms. The molecule has 1 saturated heterocycles. The molecule has 0 bridgehead atoms. The first-order chi connectivity index (χ1) is 15.0. The average Bonchev–Trinajstić information content (AvgIpc) is 3.17. The number of nitrogens with zero attached hydrogens (tertiary/aromatic N) is 5. The number of carbonyl (C=O) groups is 1. The smallest absolute Gasteiger partial charge is 0.415 e. The van der Waals surface area contributed by atoms with Crippen molar-refractivity contribution in [1.82, 2.24) is 19.9 Å². The Morgan fingerprint density at radius 2 is 1.84 bits per heavy atom. The molecule has 3 aromatic rings. The van der Waals surface area contributed by atoms with Gasteiger partial charge >= 0.3 is 6.09 Å². The summed E-state index contributed by atoms with van der Waals surface area (Å²) in [6.07, 6.45) is 5.93. The number of benzene rings is 1. The van der Waals surface area contributed by atoms with Crippen molar-refractivity contribution in [2.24, 2.45) is 5.92 Å². The van der Waals surface area contributed by atoms with E-state index in [2.05, 4.69) is 39.1 Å². The quantitative estimate of drug-likeness (QED) is 0.606. The van der Waals surface area contributed by atoms with E-state index in [0.717, 1.165) is 5.56 Å². The average molecular weight is 420 g/mol. The van der Waals surface area contributed by atoms with Crippen molar-refractivity contribution >= 4 is 17.9 Å². The van der Waals surface area contributed by atoms with Crippen molar-refractivity contribution in [3.8, 4) is 11.5 Å².